The van der Waals surface area contributed by atoms with Crippen LogP contribution in [0.1, 0.15) is 22.3 Å². The van der Waals surface area contributed by atoms with Gasteiger partial charge in [0.15, 0.2) is 0 Å². The van der Waals surface area contributed by atoms with Crippen LogP contribution in [-0.4, -0.2) is 0 Å². The van der Waals surface area contributed by atoms with Crippen molar-refractivity contribution in [1.82, 2.24) is 0 Å². The average molecular weight is 296 g/mol. The summed E-state index contributed by atoms with van der Waals surface area (Å²) >= 11 is 0. The first kappa shape index (κ1) is 15.1. The van der Waals surface area contributed by atoms with Gasteiger partial charge in [-0.2, -0.15) is 0 Å². The predicted octanol–water partition coefficient (Wildman–Crippen LogP) is 6.23. The standard InChI is InChI=1S/C23H20/c1-19-15-17-23(18-16-19)22-10-5-3-2-4-9-20-11-6-7-12-21(20)13-8-14-22/h2-18H,1H3/b3-2-,4-2?,5-3?,9-4-,10-5-,13-8+,14-8?,20-9?,21-13?,22-10?,22-14+. The smallest absolute Gasteiger partial charge is 0.0184 e. The lowest BCUT2D eigenvalue weighted by molar-refractivity contribution is 1.45. The maximum absolute atomic E-state index is 2.17. The summed E-state index contributed by atoms with van der Waals surface area (Å²) in [7, 11) is 0. The van der Waals surface area contributed by atoms with E-state index in [-0.39, 0.29) is 0 Å². The van der Waals surface area contributed by atoms with Crippen LogP contribution in [0.2, 0.25) is 0 Å². The number of hydrogen-bond acceptors (Lipinski definition) is 0. The van der Waals surface area contributed by atoms with Gasteiger partial charge in [0.25, 0.3) is 0 Å². The molecule has 0 aromatic heterocycles. The van der Waals surface area contributed by atoms with Gasteiger partial charge in [0, 0.05) is 0 Å². The van der Waals surface area contributed by atoms with Gasteiger partial charge >= 0.3 is 0 Å². The van der Waals surface area contributed by atoms with E-state index in [9.17, 15) is 0 Å². The van der Waals surface area contributed by atoms with Gasteiger partial charge in [-0.3, -0.25) is 0 Å². The van der Waals surface area contributed by atoms with Gasteiger partial charge in [-0.15, -0.1) is 0 Å². The quantitative estimate of drug-likeness (QED) is 0.585. The van der Waals surface area contributed by atoms with Gasteiger partial charge in [-0.25, -0.2) is 0 Å². The van der Waals surface area contributed by atoms with Crippen LogP contribution in [0.4, 0.5) is 0 Å². The van der Waals surface area contributed by atoms with E-state index in [4.69, 9.17) is 0 Å². The highest BCUT2D eigenvalue weighted by Gasteiger charge is 1.97. The van der Waals surface area contributed by atoms with Crippen LogP contribution in [-0.2, 0) is 0 Å². The van der Waals surface area contributed by atoms with Crippen LogP contribution in [0, 0.1) is 6.92 Å². The molecule has 0 amide bonds. The van der Waals surface area contributed by atoms with Gasteiger partial charge in [-0.05, 0) is 29.2 Å². The second-order valence-electron chi connectivity index (χ2n) is 5.58. The molecular weight excluding hydrogens is 276 g/mol. The molecule has 2 aromatic carbocycles. The van der Waals surface area contributed by atoms with Crippen molar-refractivity contribution in [2.45, 2.75) is 6.92 Å². The summed E-state index contributed by atoms with van der Waals surface area (Å²) in [4.78, 5) is 0. The molecule has 0 radical (unpaired) electrons. The number of allylic oxidation sites excluding steroid dienone is 8. The second kappa shape index (κ2) is 7.42. The SMILES string of the molecule is Cc1ccc(C2=C/C=C/c3ccccc3/C=C\C=C/C=C\2)cc1. The average Bonchev–Trinajstić information content (AvgIpc) is 2.57. The number of hydrogen-bond donors (Lipinski definition) is 0. The van der Waals surface area contributed by atoms with Crippen LogP contribution < -0.4 is 0 Å². The molecule has 1 aliphatic rings. The van der Waals surface area contributed by atoms with Crippen molar-refractivity contribution in [1.29, 1.82) is 0 Å². The van der Waals surface area contributed by atoms with Crippen LogP contribution >= 0.6 is 0 Å². The van der Waals surface area contributed by atoms with E-state index < -0.39 is 0 Å². The van der Waals surface area contributed by atoms with Crippen molar-refractivity contribution in [3.05, 3.63) is 113 Å². The predicted molar refractivity (Wildman–Crippen MR) is 102 cm³/mol. The molecule has 0 N–H and O–H groups in total. The zero-order valence-electron chi connectivity index (χ0n) is 13.3. The first-order valence-corrected chi connectivity index (χ1v) is 7.89. The van der Waals surface area contributed by atoms with E-state index in [1.54, 1.807) is 0 Å². The first-order valence-electron chi connectivity index (χ1n) is 7.89. The van der Waals surface area contributed by atoms with Gasteiger partial charge in [-0.1, -0.05) is 109 Å². The van der Waals surface area contributed by atoms with Crippen LogP contribution in [0.5, 0.6) is 0 Å². The largest absolute Gasteiger partial charge is 0.0622 e. The Labute approximate surface area is 138 Å². The maximum Gasteiger partial charge on any atom is -0.0184 e. The molecule has 112 valence electrons. The highest BCUT2D eigenvalue weighted by atomic mass is 14.0. The summed E-state index contributed by atoms with van der Waals surface area (Å²) in [5.74, 6) is 0. The fraction of sp³-hybridized carbons (Fsp3) is 0.0435. The lowest BCUT2D eigenvalue weighted by Crippen LogP contribution is -1.82. The Balaban J connectivity index is 2.01. The number of fused-ring (bicyclic) bond motifs is 1. The Morgan fingerprint density at radius 3 is 1.87 bits per heavy atom. The molecule has 0 saturated carbocycles. The Morgan fingerprint density at radius 2 is 1.17 bits per heavy atom. The molecule has 23 heavy (non-hydrogen) atoms. The zero-order valence-corrected chi connectivity index (χ0v) is 13.3. The lowest BCUT2D eigenvalue weighted by Gasteiger charge is -2.03. The highest BCUT2D eigenvalue weighted by Crippen LogP contribution is 2.19. The molecule has 0 fully saturated rings. The van der Waals surface area contributed by atoms with Crippen molar-refractivity contribution >= 4 is 17.7 Å². The first-order chi connectivity index (χ1) is 11.3. The lowest BCUT2D eigenvalue weighted by atomic mass is 10.0. The van der Waals surface area contributed by atoms with Crippen molar-refractivity contribution in [2.24, 2.45) is 0 Å². The molecule has 0 bridgehead atoms. The van der Waals surface area contributed by atoms with Crippen LogP contribution in [0.25, 0.3) is 17.7 Å². The summed E-state index contributed by atoms with van der Waals surface area (Å²) in [5, 5.41) is 0. The Bertz CT molecular complexity index is 809. The monoisotopic (exact) mass is 296 g/mol. The molecule has 1 aliphatic carbocycles. The van der Waals surface area contributed by atoms with E-state index in [0.717, 1.165) is 0 Å². The Hall–Kier alpha value is -2.86. The molecule has 0 spiro atoms. The number of aryl methyl sites for hydroxylation is 1. The molecule has 0 atom stereocenters. The summed E-state index contributed by atoms with van der Waals surface area (Å²) in [6, 6.07) is 17.1. The minimum absolute atomic E-state index is 1.20. The molecule has 3 rings (SSSR count). The van der Waals surface area contributed by atoms with Gasteiger partial charge in [0.05, 0.1) is 0 Å². The molecule has 0 aliphatic heterocycles. The molecule has 2 aromatic rings. The van der Waals surface area contributed by atoms with Crippen LogP contribution in [0.3, 0.4) is 0 Å². The minimum Gasteiger partial charge on any atom is -0.0622 e. The minimum atomic E-state index is 1.20. The molecule has 0 heteroatoms. The van der Waals surface area contributed by atoms with Crippen molar-refractivity contribution in [3.8, 4) is 0 Å². The third-order valence-corrected chi connectivity index (χ3v) is 3.82. The van der Waals surface area contributed by atoms with Crippen molar-refractivity contribution in [3.63, 3.8) is 0 Å². The van der Waals surface area contributed by atoms with Gasteiger partial charge < -0.3 is 0 Å². The van der Waals surface area contributed by atoms with Crippen molar-refractivity contribution < 1.29 is 0 Å². The molecule has 0 saturated heterocycles. The zero-order chi connectivity index (χ0) is 15.9. The maximum atomic E-state index is 2.17. The van der Waals surface area contributed by atoms with E-state index in [2.05, 4.69) is 110 Å². The summed E-state index contributed by atoms with van der Waals surface area (Å²) in [6.45, 7) is 2.11. The van der Waals surface area contributed by atoms with Gasteiger partial charge in [0.1, 0.15) is 0 Å². The molecular formula is C23H20. The fourth-order valence-corrected chi connectivity index (χ4v) is 2.51. The normalized spacial score (nSPS) is 21.7. The third kappa shape index (κ3) is 4.08. The highest BCUT2D eigenvalue weighted by molar-refractivity contribution is 5.77. The summed E-state index contributed by atoms with van der Waals surface area (Å²) < 4.78 is 0. The second-order valence-corrected chi connectivity index (χ2v) is 5.58. The van der Waals surface area contributed by atoms with E-state index in [0.29, 0.717) is 0 Å². The summed E-state index contributed by atoms with van der Waals surface area (Å²) in [6.07, 6.45) is 19.0. The molecule has 0 nitrogen and oxygen atoms in total. The Kier molecular flexibility index (Phi) is 4.85. The summed E-state index contributed by atoms with van der Waals surface area (Å²) in [5.41, 5.74) is 6.16. The third-order valence-electron chi connectivity index (χ3n) is 3.82. The van der Waals surface area contributed by atoms with E-state index in [1.807, 2.05) is 0 Å². The van der Waals surface area contributed by atoms with E-state index >= 15 is 0 Å². The van der Waals surface area contributed by atoms with Crippen molar-refractivity contribution in [2.75, 3.05) is 0 Å². The number of rotatable bonds is 1. The fourth-order valence-electron chi connectivity index (χ4n) is 2.51. The number of benzene rings is 2. The molecule has 0 heterocycles. The Morgan fingerprint density at radius 1 is 0.565 bits per heavy atom. The van der Waals surface area contributed by atoms with Crippen LogP contribution in [0.15, 0.2) is 91.1 Å². The van der Waals surface area contributed by atoms with Gasteiger partial charge in [0.2, 0.25) is 0 Å². The molecule has 0 unspecified atom stereocenters. The topological polar surface area (TPSA) is 0 Å². The van der Waals surface area contributed by atoms with E-state index in [1.165, 1.54) is 27.8 Å².